The molecule has 2 heterocycles. The van der Waals surface area contributed by atoms with E-state index in [2.05, 4.69) is 25.4 Å². The van der Waals surface area contributed by atoms with Gasteiger partial charge in [0.1, 0.15) is 12.1 Å². The van der Waals surface area contributed by atoms with E-state index in [1.54, 1.807) is 13.8 Å². The second-order valence-corrected chi connectivity index (χ2v) is 11.1. The Kier molecular flexibility index (Phi) is 14.9. The summed E-state index contributed by atoms with van der Waals surface area (Å²) in [4.78, 5) is 75.5. The fourth-order valence-corrected chi connectivity index (χ4v) is 5.20. The maximum Gasteiger partial charge on any atom is 0.329 e. The fraction of sp³-hybridized carbons (Fsp3) is 0.581. The molecule has 0 saturated carbocycles. The Labute approximate surface area is 267 Å². The monoisotopic (exact) mass is 644 g/mol. The maximum atomic E-state index is 13.5. The van der Waals surface area contributed by atoms with E-state index in [-0.39, 0.29) is 44.7 Å². The number of carbonyl (C=O) groups is 4. The lowest BCUT2D eigenvalue weighted by Gasteiger charge is -2.29. The quantitative estimate of drug-likeness (QED) is 0.0822. The molecule has 0 radical (unpaired) electrons. The van der Waals surface area contributed by atoms with Gasteiger partial charge in [0.05, 0.1) is 38.1 Å². The third-order valence-electron chi connectivity index (χ3n) is 7.68. The molecule has 1 aliphatic rings. The molecule has 2 aromatic rings. The molecular weight excluding hydrogens is 600 g/mol. The number of rotatable bonds is 20. The van der Waals surface area contributed by atoms with Gasteiger partial charge in [-0.15, -0.1) is 10.1 Å². The average Bonchev–Trinajstić information content (AvgIpc) is 3.75. The van der Waals surface area contributed by atoms with Gasteiger partial charge in [-0.2, -0.15) is 0 Å². The molecule has 46 heavy (non-hydrogen) atoms. The Morgan fingerprint density at radius 2 is 1.89 bits per heavy atom. The SMILES string of the molecule is CCOC(=O)[C@@H](CCc1ccccc1)CN[C@@H](C)C(=O)N1CCC[C@@H]1C(=O)N[C@@H](Cc1cnc[nH]1)C(=O)OCCCCO[N+](=O)[O-]. The first kappa shape index (κ1) is 35.9. The van der Waals surface area contributed by atoms with Gasteiger partial charge in [0.15, 0.2) is 0 Å². The number of likely N-dealkylation sites (tertiary alicyclic amines) is 1. The minimum absolute atomic E-state index is 0.00931. The van der Waals surface area contributed by atoms with Crippen molar-refractivity contribution in [1.29, 1.82) is 0 Å². The smallest absolute Gasteiger partial charge is 0.329 e. The van der Waals surface area contributed by atoms with Gasteiger partial charge in [-0.25, -0.2) is 9.78 Å². The molecule has 0 unspecified atom stereocenters. The molecule has 15 nitrogen and oxygen atoms in total. The Bertz CT molecular complexity index is 1260. The molecule has 1 aromatic carbocycles. The molecule has 252 valence electrons. The summed E-state index contributed by atoms with van der Waals surface area (Å²) in [5.74, 6) is -2.23. The number of nitrogens with zero attached hydrogens (tertiary/aromatic N) is 3. The number of benzene rings is 1. The van der Waals surface area contributed by atoms with Crippen molar-refractivity contribution in [1.82, 2.24) is 25.5 Å². The molecule has 1 saturated heterocycles. The minimum atomic E-state index is -1.05. The zero-order valence-electron chi connectivity index (χ0n) is 26.4. The van der Waals surface area contributed by atoms with Crippen LogP contribution < -0.4 is 10.6 Å². The van der Waals surface area contributed by atoms with E-state index in [0.717, 1.165) is 5.56 Å². The summed E-state index contributed by atoms with van der Waals surface area (Å²) in [5, 5.41) is 15.3. The Morgan fingerprint density at radius 1 is 1.13 bits per heavy atom. The lowest BCUT2D eigenvalue weighted by Crippen LogP contribution is -2.55. The number of nitrogens with one attached hydrogen (secondary N) is 3. The number of aromatic amines is 1. The normalized spacial score (nSPS) is 16.2. The van der Waals surface area contributed by atoms with E-state index in [4.69, 9.17) is 9.47 Å². The Balaban J connectivity index is 1.57. The van der Waals surface area contributed by atoms with Crippen LogP contribution in [0.15, 0.2) is 42.9 Å². The van der Waals surface area contributed by atoms with Gasteiger partial charge in [-0.3, -0.25) is 14.4 Å². The standard InChI is InChI=1S/C31H44N6O9/c1-3-44-30(40)24(14-13-23-10-5-4-6-11-23)19-33-22(2)29(39)36-15-9-12-27(36)28(38)35-26(18-25-20-32-21-34-25)31(41)45-16-7-8-17-46-37(42)43/h4-6,10-11,20-22,24,26-27,33H,3,7-9,12-19H2,1-2H3,(H,32,34)(H,35,38)/t22-,24-,26-,27+/m0/s1. The predicted molar refractivity (Wildman–Crippen MR) is 164 cm³/mol. The maximum absolute atomic E-state index is 13.5. The topological polar surface area (TPSA) is 195 Å². The lowest BCUT2D eigenvalue weighted by atomic mass is 9.99. The molecule has 0 bridgehead atoms. The van der Waals surface area contributed by atoms with Gasteiger partial charge in [-0.05, 0) is 57.9 Å². The number of imidazole rings is 1. The van der Waals surface area contributed by atoms with Gasteiger partial charge in [-0.1, -0.05) is 30.3 Å². The zero-order chi connectivity index (χ0) is 33.3. The number of H-pyrrole nitrogens is 1. The van der Waals surface area contributed by atoms with Gasteiger partial charge < -0.3 is 34.8 Å². The molecule has 0 aliphatic carbocycles. The molecule has 1 aliphatic heterocycles. The molecule has 4 atom stereocenters. The zero-order valence-corrected chi connectivity index (χ0v) is 26.4. The van der Waals surface area contributed by atoms with E-state index in [1.807, 2.05) is 30.3 Å². The minimum Gasteiger partial charge on any atom is -0.466 e. The summed E-state index contributed by atoms with van der Waals surface area (Å²) >= 11 is 0. The van der Waals surface area contributed by atoms with Crippen molar-refractivity contribution in [3.05, 3.63) is 64.2 Å². The fourth-order valence-electron chi connectivity index (χ4n) is 5.20. The van der Waals surface area contributed by atoms with Crippen LogP contribution in [0.1, 0.15) is 57.2 Å². The van der Waals surface area contributed by atoms with Crippen molar-refractivity contribution in [3.8, 4) is 0 Å². The third kappa shape index (κ3) is 11.8. The van der Waals surface area contributed by atoms with Crippen LogP contribution in [0.4, 0.5) is 0 Å². The van der Waals surface area contributed by atoms with Crippen molar-refractivity contribution < 1.29 is 38.6 Å². The van der Waals surface area contributed by atoms with Crippen LogP contribution in [-0.2, 0) is 46.3 Å². The van der Waals surface area contributed by atoms with Gasteiger partial charge in [0.25, 0.3) is 5.09 Å². The number of carbonyl (C=O) groups excluding carboxylic acids is 4. The van der Waals surface area contributed by atoms with Crippen molar-refractivity contribution in [2.24, 2.45) is 5.92 Å². The first-order valence-electron chi connectivity index (χ1n) is 15.7. The number of aromatic nitrogens is 2. The first-order valence-corrected chi connectivity index (χ1v) is 15.7. The van der Waals surface area contributed by atoms with Crippen LogP contribution in [0.25, 0.3) is 0 Å². The highest BCUT2D eigenvalue weighted by atomic mass is 16.9. The van der Waals surface area contributed by atoms with E-state index < -0.39 is 41.0 Å². The van der Waals surface area contributed by atoms with Crippen LogP contribution in [0.5, 0.6) is 0 Å². The second-order valence-electron chi connectivity index (χ2n) is 11.1. The third-order valence-corrected chi connectivity index (χ3v) is 7.68. The first-order chi connectivity index (χ1) is 22.2. The summed E-state index contributed by atoms with van der Waals surface area (Å²) in [5.41, 5.74) is 1.70. The molecule has 1 aromatic heterocycles. The van der Waals surface area contributed by atoms with Crippen LogP contribution in [0, 0.1) is 16.0 Å². The highest BCUT2D eigenvalue weighted by Gasteiger charge is 2.38. The summed E-state index contributed by atoms with van der Waals surface area (Å²) in [7, 11) is 0. The van der Waals surface area contributed by atoms with Gasteiger partial charge in [0, 0.05) is 31.4 Å². The second kappa shape index (κ2) is 19.1. The molecule has 3 rings (SSSR count). The molecule has 1 fully saturated rings. The number of ether oxygens (including phenoxy) is 2. The van der Waals surface area contributed by atoms with Crippen molar-refractivity contribution in [3.63, 3.8) is 0 Å². The number of aryl methyl sites for hydroxylation is 1. The van der Waals surface area contributed by atoms with Crippen LogP contribution in [0.3, 0.4) is 0 Å². The summed E-state index contributed by atoms with van der Waals surface area (Å²) in [6.45, 7) is 4.19. The average molecular weight is 645 g/mol. The Morgan fingerprint density at radius 3 is 2.59 bits per heavy atom. The summed E-state index contributed by atoms with van der Waals surface area (Å²) < 4.78 is 10.6. The molecule has 15 heteroatoms. The number of hydrogen-bond acceptors (Lipinski definition) is 11. The highest BCUT2D eigenvalue weighted by Crippen LogP contribution is 2.20. The highest BCUT2D eigenvalue weighted by molar-refractivity contribution is 5.92. The molecule has 0 spiro atoms. The van der Waals surface area contributed by atoms with E-state index >= 15 is 0 Å². The molecule has 2 amide bonds. The van der Waals surface area contributed by atoms with Crippen LogP contribution in [0.2, 0.25) is 0 Å². The van der Waals surface area contributed by atoms with Crippen LogP contribution in [-0.4, -0.2) is 94.7 Å². The van der Waals surface area contributed by atoms with Crippen molar-refractivity contribution in [2.75, 3.05) is 32.9 Å². The largest absolute Gasteiger partial charge is 0.466 e. The summed E-state index contributed by atoms with van der Waals surface area (Å²) in [6.07, 6.45) is 5.99. The number of unbranched alkanes of at least 4 members (excludes halogenated alkanes) is 1. The summed E-state index contributed by atoms with van der Waals surface area (Å²) in [6, 6.07) is 7.31. The van der Waals surface area contributed by atoms with Crippen molar-refractivity contribution in [2.45, 2.75) is 76.9 Å². The molecule has 3 N–H and O–H groups in total. The van der Waals surface area contributed by atoms with Gasteiger partial charge in [0.2, 0.25) is 11.8 Å². The molecular formula is C31H44N6O9. The van der Waals surface area contributed by atoms with E-state index in [9.17, 15) is 29.3 Å². The van der Waals surface area contributed by atoms with Crippen LogP contribution >= 0.6 is 0 Å². The van der Waals surface area contributed by atoms with Crippen molar-refractivity contribution >= 4 is 23.8 Å². The number of amides is 2. The number of esters is 2. The predicted octanol–water partition coefficient (Wildman–Crippen LogP) is 1.75. The van der Waals surface area contributed by atoms with E-state index in [0.29, 0.717) is 50.8 Å². The number of hydrogen-bond donors (Lipinski definition) is 3. The Hall–Kier alpha value is -4.53. The van der Waals surface area contributed by atoms with Gasteiger partial charge >= 0.3 is 11.9 Å². The lowest BCUT2D eigenvalue weighted by molar-refractivity contribution is -0.757. The van der Waals surface area contributed by atoms with E-state index in [1.165, 1.54) is 17.4 Å².